The molecule has 4 rings (SSSR count). The minimum absolute atomic E-state index is 0.164. The second kappa shape index (κ2) is 6.77. The third kappa shape index (κ3) is 3.13. The van der Waals surface area contributed by atoms with Gasteiger partial charge in [0.05, 0.1) is 12.1 Å². The number of H-pyrrole nitrogens is 1. The molecule has 1 aliphatic rings. The van der Waals surface area contributed by atoms with Crippen LogP contribution >= 0.6 is 0 Å². The summed E-state index contributed by atoms with van der Waals surface area (Å²) in [5.74, 6) is -0.168. The normalized spacial score (nSPS) is 18.7. The molecule has 0 bridgehead atoms. The molecule has 1 aliphatic carbocycles. The van der Waals surface area contributed by atoms with Gasteiger partial charge in [0.2, 0.25) is 5.91 Å². The van der Waals surface area contributed by atoms with Gasteiger partial charge in [0.25, 0.3) is 5.56 Å². The summed E-state index contributed by atoms with van der Waals surface area (Å²) in [7, 11) is 0. The van der Waals surface area contributed by atoms with E-state index in [0.717, 1.165) is 22.0 Å². The number of carbonyl (C=O) groups excluding carboxylic acids is 1. The number of aromatic amines is 1. The molecule has 1 heterocycles. The van der Waals surface area contributed by atoms with Gasteiger partial charge in [0.15, 0.2) is 0 Å². The van der Waals surface area contributed by atoms with Gasteiger partial charge in [-0.1, -0.05) is 42.5 Å². The summed E-state index contributed by atoms with van der Waals surface area (Å²) in [6, 6.07) is 16.8. The number of rotatable bonds is 4. The predicted octanol–water partition coefficient (Wildman–Crippen LogP) is 2.24. The number of benzene rings is 2. The molecule has 3 N–H and O–H groups in total. The molecule has 1 aromatic heterocycles. The maximum atomic E-state index is 12.4. The SMILES string of the molecule is O=C(CCc1cc2ccccc2[nH]c1=O)NC1c2ccccc2CC1O. The lowest BCUT2D eigenvalue weighted by molar-refractivity contribution is -0.122. The quantitative estimate of drug-likeness (QED) is 0.676. The largest absolute Gasteiger partial charge is 0.390 e. The molecular formula is C21H20N2O3. The van der Waals surface area contributed by atoms with Gasteiger partial charge in [-0.25, -0.2) is 0 Å². The van der Waals surface area contributed by atoms with E-state index in [0.29, 0.717) is 18.4 Å². The zero-order valence-corrected chi connectivity index (χ0v) is 14.2. The second-order valence-corrected chi connectivity index (χ2v) is 6.73. The number of aliphatic hydroxyl groups is 1. The Bertz CT molecular complexity index is 1020. The van der Waals surface area contributed by atoms with Crippen molar-refractivity contribution in [2.24, 2.45) is 0 Å². The van der Waals surface area contributed by atoms with Crippen molar-refractivity contribution in [3.8, 4) is 0 Å². The van der Waals surface area contributed by atoms with Gasteiger partial charge in [-0.2, -0.15) is 0 Å². The van der Waals surface area contributed by atoms with Crippen LogP contribution in [0.15, 0.2) is 59.4 Å². The highest BCUT2D eigenvalue weighted by atomic mass is 16.3. The average Bonchev–Trinajstić information content (AvgIpc) is 2.95. The van der Waals surface area contributed by atoms with Crippen LogP contribution in [0.3, 0.4) is 0 Å². The number of fused-ring (bicyclic) bond motifs is 2. The number of amides is 1. The van der Waals surface area contributed by atoms with Crippen LogP contribution in [0.4, 0.5) is 0 Å². The van der Waals surface area contributed by atoms with Gasteiger partial charge in [-0.05, 0) is 35.1 Å². The maximum Gasteiger partial charge on any atom is 0.251 e. The van der Waals surface area contributed by atoms with E-state index in [4.69, 9.17) is 0 Å². The fraction of sp³-hybridized carbons (Fsp3) is 0.238. The van der Waals surface area contributed by atoms with Crippen LogP contribution in [-0.2, 0) is 17.6 Å². The molecule has 26 heavy (non-hydrogen) atoms. The molecule has 2 atom stereocenters. The molecule has 132 valence electrons. The highest BCUT2D eigenvalue weighted by Gasteiger charge is 2.31. The molecule has 0 aliphatic heterocycles. The zero-order chi connectivity index (χ0) is 18.1. The Morgan fingerprint density at radius 1 is 1.15 bits per heavy atom. The summed E-state index contributed by atoms with van der Waals surface area (Å²) in [5, 5.41) is 14.1. The van der Waals surface area contributed by atoms with Crippen molar-refractivity contribution in [2.45, 2.75) is 31.4 Å². The molecule has 2 aromatic carbocycles. The van der Waals surface area contributed by atoms with Gasteiger partial charge in [0, 0.05) is 23.9 Å². The molecule has 0 fully saturated rings. The highest BCUT2D eigenvalue weighted by molar-refractivity contribution is 5.79. The van der Waals surface area contributed by atoms with Crippen LogP contribution in [-0.4, -0.2) is 22.1 Å². The molecule has 5 nitrogen and oxygen atoms in total. The Labute approximate surface area is 150 Å². The van der Waals surface area contributed by atoms with Gasteiger partial charge < -0.3 is 15.4 Å². The number of aliphatic hydroxyl groups excluding tert-OH is 1. The predicted molar refractivity (Wildman–Crippen MR) is 99.9 cm³/mol. The molecule has 1 amide bonds. The number of hydrogen-bond donors (Lipinski definition) is 3. The third-order valence-corrected chi connectivity index (χ3v) is 4.97. The minimum Gasteiger partial charge on any atom is -0.390 e. The first kappa shape index (κ1) is 16.5. The lowest BCUT2D eigenvalue weighted by atomic mass is 10.1. The van der Waals surface area contributed by atoms with Gasteiger partial charge in [0.1, 0.15) is 0 Å². The van der Waals surface area contributed by atoms with Crippen LogP contribution < -0.4 is 10.9 Å². The van der Waals surface area contributed by atoms with E-state index in [2.05, 4.69) is 10.3 Å². The molecule has 0 saturated carbocycles. The number of para-hydroxylation sites is 1. The standard InChI is InChI=1S/C21H20N2O3/c24-18-12-13-5-1-3-7-16(13)20(18)23-19(25)10-9-15-11-14-6-2-4-8-17(14)22-21(15)26/h1-8,11,18,20,24H,9-10,12H2,(H,22,26)(H,23,25). The number of carbonyl (C=O) groups is 1. The van der Waals surface area contributed by atoms with Gasteiger partial charge in [-0.3, -0.25) is 9.59 Å². The maximum absolute atomic E-state index is 12.4. The van der Waals surface area contributed by atoms with Gasteiger partial charge in [-0.15, -0.1) is 0 Å². The lowest BCUT2D eigenvalue weighted by Gasteiger charge is -2.18. The van der Waals surface area contributed by atoms with Crippen LogP contribution in [0, 0.1) is 0 Å². The van der Waals surface area contributed by atoms with E-state index in [1.54, 1.807) is 0 Å². The number of nitrogens with one attached hydrogen (secondary N) is 2. The molecule has 3 aromatic rings. The number of aromatic nitrogens is 1. The first-order valence-corrected chi connectivity index (χ1v) is 8.78. The fourth-order valence-electron chi connectivity index (χ4n) is 3.62. The van der Waals surface area contributed by atoms with E-state index in [1.165, 1.54) is 0 Å². The summed E-state index contributed by atoms with van der Waals surface area (Å²) in [4.78, 5) is 27.4. The Hall–Kier alpha value is -2.92. The zero-order valence-electron chi connectivity index (χ0n) is 14.2. The van der Waals surface area contributed by atoms with Crippen LogP contribution in [0.1, 0.15) is 29.2 Å². The Kier molecular flexibility index (Phi) is 4.31. The van der Waals surface area contributed by atoms with Crippen molar-refractivity contribution in [3.63, 3.8) is 0 Å². The first-order valence-electron chi connectivity index (χ1n) is 8.78. The van der Waals surface area contributed by atoms with Crippen LogP contribution in [0.2, 0.25) is 0 Å². The van der Waals surface area contributed by atoms with E-state index < -0.39 is 6.10 Å². The van der Waals surface area contributed by atoms with E-state index >= 15 is 0 Å². The van der Waals surface area contributed by atoms with E-state index in [1.807, 2.05) is 54.6 Å². The van der Waals surface area contributed by atoms with E-state index in [-0.39, 0.29) is 23.9 Å². The van der Waals surface area contributed by atoms with Crippen molar-refractivity contribution in [1.82, 2.24) is 10.3 Å². The van der Waals surface area contributed by atoms with E-state index in [9.17, 15) is 14.7 Å². The monoisotopic (exact) mass is 348 g/mol. The van der Waals surface area contributed by atoms with Crippen molar-refractivity contribution in [1.29, 1.82) is 0 Å². The first-order chi connectivity index (χ1) is 12.6. The molecule has 0 radical (unpaired) electrons. The third-order valence-electron chi connectivity index (χ3n) is 4.97. The summed E-state index contributed by atoms with van der Waals surface area (Å²) in [6.45, 7) is 0. The summed E-state index contributed by atoms with van der Waals surface area (Å²) < 4.78 is 0. The molecular weight excluding hydrogens is 328 g/mol. The Balaban J connectivity index is 1.45. The lowest BCUT2D eigenvalue weighted by Crippen LogP contribution is -2.34. The second-order valence-electron chi connectivity index (χ2n) is 6.73. The smallest absolute Gasteiger partial charge is 0.251 e. The number of hydrogen-bond acceptors (Lipinski definition) is 3. The summed E-state index contributed by atoms with van der Waals surface area (Å²) >= 11 is 0. The molecule has 5 heteroatoms. The number of pyridine rings is 1. The van der Waals surface area contributed by atoms with Crippen molar-refractivity contribution >= 4 is 16.8 Å². The van der Waals surface area contributed by atoms with Crippen molar-refractivity contribution in [3.05, 3.63) is 81.6 Å². The molecule has 0 spiro atoms. The topological polar surface area (TPSA) is 82.2 Å². The number of aryl methyl sites for hydroxylation is 1. The average molecular weight is 348 g/mol. The fourth-order valence-corrected chi connectivity index (χ4v) is 3.62. The Morgan fingerprint density at radius 2 is 1.92 bits per heavy atom. The highest BCUT2D eigenvalue weighted by Crippen LogP contribution is 2.31. The molecule has 2 unspecified atom stereocenters. The van der Waals surface area contributed by atoms with Crippen molar-refractivity contribution < 1.29 is 9.90 Å². The van der Waals surface area contributed by atoms with Crippen LogP contribution in [0.5, 0.6) is 0 Å². The summed E-state index contributed by atoms with van der Waals surface area (Å²) in [5.41, 5.74) is 3.25. The summed E-state index contributed by atoms with van der Waals surface area (Å²) in [6.07, 6.45) is 0.495. The minimum atomic E-state index is -0.611. The molecule has 0 saturated heterocycles. The van der Waals surface area contributed by atoms with Crippen LogP contribution in [0.25, 0.3) is 10.9 Å². The van der Waals surface area contributed by atoms with Gasteiger partial charge >= 0.3 is 0 Å². The Morgan fingerprint density at radius 3 is 2.81 bits per heavy atom. The van der Waals surface area contributed by atoms with Crippen molar-refractivity contribution in [2.75, 3.05) is 0 Å².